The molecule has 0 aliphatic heterocycles. The number of amides is 5. The van der Waals surface area contributed by atoms with Gasteiger partial charge in [0.1, 0.15) is 23.8 Å². The molecule has 1 aliphatic carbocycles. The van der Waals surface area contributed by atoms with Crippen molar-refractivity contribution in [2.75, 3.05) is 13.1 Å². The summed E-state index contributed by atoms with van der Waals surface area (Å²) in [6.45, 7) is 10.1. The van der Waals surface area contributed by atoms with E-state index in [2.05, 4.69) is 31.2 Å². The van der Waals surface area contributed by atoms with E-state index >= 15 is 0 Å². The third kappa shape index (κ3) is 12.8. The first-order chi connectivity index (χ1) is 23.2. The molecule has 0 spiro atoms. The predicted molar refractivity (Wildman–Crippen MR) is 180 cm³/mol. The van der Waals surface area contributed by atoms with Gasteiger partial charge in [0.2, 0.25) is 23.5 Å². The van der Waals surface area contributed by atoms with E-state index in [-0.39, 0.29) is 29.9 Å². The number of carbonyl (C=O) groups excluding carboxylic acids is 6. The molecule has 1 aromatic rings. The molecule has 0 aromatic carbocycles. The van der Waals surface area contributed by atoms with Gasteiger partial charge in [0.25, 0.3) is 11.8 Å². The molecule has 1 aliphatic rings. The Morgan fingerprint density at radius 2 is 1.57 bits per heavy atom. The predicted octanol–water partition coefficient (Wildman–Crippen LogP) is 1.61. The van der Waals surface area contributed by atoms with Crippen LogP contribution in [0, 0.1) is 17.8 Å². The Morgan fingerprint density at radius 1 is 0.898 bits per heavy atom. The number of hydrogen-bond acceptors (Lipinski definition) is 9. The number of aromatic nitrogens is 2. The van der Waals surface area contributed by atoms with Crippen molar-refractivity contribution >= 4 is 41.3 Å². The second-order valence-corrected chi connectivity index (χ2v) is 13.2. The van der Waals surface area contributed by atoms with Gasteiger partial charge in [0.05, 0.1) is 18.8 Å². The minimum atomic E-state index is -1.33. The largest absolute Gasteiger partial charge is 0.480 e. The molecule has 0 radical (unpaired) electrons. The van der Waals surface area contributed by atoms with Crippen LogP contribution in [0.15, 0.2) is 18.6 Å². The molecular formula is C34H53N7O8. The van der Waals surface area contributed by atoms with Gasteiger partial charge in [-0.15, -0.1) is 0 Å². The maximum Gasteiger partial charge on any atom is 0.325 e. The molecule has 0 bridgehead atoms. The maximum atomic E-state index is 14.1. The molecule has 1 aromatic heterocycles. The van der Waals surface area contributed by atoms with Crippen molar-refractivity contribution in [3.05, 3.63) is 24.3 Å². The number of carbonyl (C=O) groups is 7. The molecule has 272 valence electrons. The Labute approximate surface area is 288 Å². The minimum Gasteiger partial charge on any atom is -0.480 e. The van der Waals surface area contributed by atoms with Gasteiger partial charge in [0.15, 0.2) is 0 Å². The highest BCUT2D eigenvalue weighted by atomic mass is 16.4. The summed E-state index contributed by atoms with van der Waals surface area (Å²) in [5, 5.41) is 18.8. The third-order valence-corrected chi connectivity index (χ3v) is 8.81. The molecule has 4 unspecified atom stereocenters. The number of carboxylic acids is 1. The standard InChI is InChI=1S/C34H53N7O8/c1-7-21(5)28(31(45)37-18-27(42)39-24(8-2)29(43)32(46)38-22(6)34(48)49)40-30(44)26(16-20(3)4)41(19-23-12-10-9-11-13-23)33(47)25-17-35-14-15-36-25/h14-15,17,20-24,26,28H,7-13,16,18-19H2,1-6H3,(H,37,45)(H,38,46)(H,39,42)(H,40,44)(H,48,49)/t21-,22?,24?,26?,28?/m1/s1. The van der Waals surface area contributed by atoms with Gasteiger partial charge in [-0.2, -0.15) is 0 Å². The number of rotatable bonds is 19. The fourth-order valence-corrected chi connectivity index (χ4v) is 5.69. The van der Waals surface area contributed by atoms with Crippen LogP contribution >= 0.6 is 0 Å². The van der Waals surface area contributed by atoms with E-state index in [1.165, 1.54) is 25.5 Å². The smallest absolute Gasteiger partial charge is 0.325 e. The number of ketones is 1. The van der Waals surface area contributed by atoms with E-state index < -0.39 is 72.0 Å². The van der Waals surface area contributed by atoms with Crippen LogP contribution in [0.2, 0.25) is 0 Å². The van der Waals surface area contributed by atoms with Crippen LogP contribution < -0.4 is 21.3 Å². The maximum absolute atomic E-state index is 14.1. The number of carboxylic acid groups (broad SMARTS) is 1. The van der Waals surface area contributed by atoms with Gasteiger partial charge in [-0.1, -0.05) is 60.3 Å². The zero-order valence-electron chi connectivity index (χ0n) is 29.5. The number of hydrogen-bond donors (Lipinski definition) is 5. The summed E-state index contributed by atoms with van der Waals surface area (Å²) in [7, 11) is 0. The van der Waals surface area contributed by atoms with Crippen molar-refractivity contribution in [3.8, 4) is 0 Å². The molecular weight excluding hydrogens is 634 g/mol. The number of nitrogens with one attached hydrogen (secondary N) is 4. The monoisotopic (exact) mass is 687 g/mol. The lowest BCUT2D eigenvalue weighted by molar-refractivity contribution is -0.144. The van der Waals surface area contributed by atoms with Crippen molar-refractivity contribution in [1.82, 2.24) is 36.1 Å². The Balaban J connectivity index is 2.21. The summed E-state index contributed by atoms with van der Waals surface area (Å²) in [5.41, 5.74) is 0.125. The Bertz CT molecular complexity index is 1300. The molecule has 5 amide bonds. The fraction of sp³-hybridized carbons (Fsp3) is 0.676. The Kier molecular flexibility index (Phi) is 16.8. The molecule has 0 saturated heterocycles. The van der Waals surface area contributed by atoms with Gasteiger partial charge in [-0.25, -0.2) is 4.98 Å². The van der Waals surface area contributed by atoms with E-state index in [0.29, 0.717) is 19.4 Å². The van der Waals surface area contributed by atoms with Crippen LogP contribution in [-0.4, -0.2) is 98.5 Å². The fourth-order valence-electron chi connectivity index (χ4n) is 5.69. The molecule has 1 saturated carbocycles. The lowest BCUT2D eigenvalue weighted by Crippen LogP contribution is -2.58. The average molecular weight is 688 g/mol. The number of nitrogens with zero attached hydrogens (tertiary/aromatic N) is 3. The summed E-state index contributed by atoms with van der Waals surface area (Å²) >= 11 is 0. The van der Waals surface area contributed by atoms with Crippen LogP contribution in [0.25, 0.3) is 0 Å². The normalized spacial score (nSPS) is 16.3. The summed E-state index contributed by atoms with van der Waals surface area (Å²) in [5.74, 6) is -5.90. The first-order valence-corrected chi connectivity index (χ1v) is 17.2. The van der Waals surface area contributed by atoms with Gasteiger partial charge < -0.3 is 31.3 Å². The van der Waals surface area contributed by atoms with Gasteiger partial charge in [-0.05, 0) is 50.4 Å². The first-order valence-electron chi connectivity index (χ1n) is 17.2. The molecule has 5 N–H and O–H groups in total. The number of Topliss-reactive ketones (excluding diaryl/α,β-unsaturated/α-hetero) is 1. The van der Waals surface area contributed by atoms with E-state index in [1.54, 1.807) is 18.7 Å². The zero-order chi connectivity index (χ0) is 36.7. The molecule has 15 nitrogen and oxygen atoms in total. The summed E-state index contributed by atoms with van der Waals surface area (Å²) < 4.78 is 0. The minimum absolute atomic E-state index is 0.0301. The van der Waals surface area contributed by atoms with E-state index in [1.807, 2.05) is 20.8 Å². The second-order valence-electron chi connectivity index (χ2n) is 13.2. The van der Waals surface area contributed by atoms with E-state index in [4.69, 9.17) is 5.11 Å². The molecule has 15 heteroatoms. The molecule has 2 rings (SSSR count). The van der Waals surface area contributed by atoms with Crippen molar-refractivity contribution in [3.63, 3.8) is 0 Å². The SMILES string of the molecule is CCC(NC(=O)CNC(=O)C(NC(=O)C(CC(C)C)N(CC1CCCCC1)C(=O)c1cnccn1)[C@H](C)CC)C(=O)C(=O)NC(C)C(=O)O. The highest BCUT2D eigenvalue weighted by Gasteiger charge is 2.37. The van der Waals surface area contributed by atoms with Crippen LogP contribution in [0.5, 0.6) is 0 Å². The molecule has 5 atom stereocenters. The van der Waals surface area contributed by atoms with Crippen molar-refractivity contribution in [2.24, 2.45) is 17.8 Å². The Hall–Kier alpha value is -4.43. The van der Waals surface area contributed by atoms with Crippen molar-refractivity contribution in [1.29, 1.82) is 0 Å². The first kappa shape index (κ1) is 40.7. The average Bonchev–Trinajstić information content (AvgIpc) is 3.09. The van der Waals surface area contributed by atoms with Crippen molar-refractivity contribution < 1.29 is 38.7 Å². The zero-order valence-corrected chi connectivity index (χ0v) is 29.5. The third-order valence-electron chi connectivity index (χ3n) is 8.81. The second kappa shape index (κ2) is 20.2. The van der Waals surface area contributed by atoms with Crippen LogP contribution in [0.4, 0.5) is 0 Å². The molecule has 1 heterocycles. The van der Waals surface area contributed by atoms with Gasteiger partial charge >= 0.3 is 5.97 Å². The van der Waals surface area contributed by atoms with Crippen LogP contribution in [-0.2, 0) is 28.8 Å². The highest BCUT2D eigenvalue weighted by molar-refractivity contribution is 6.38. The highest BCUT2D eigenvalue weighted by Crippen LogP contribution is 2.27. The van der Waals surface area contributed by atoms with Crippen LogP contribution in [0.3, 0.4) is 0 Å². The van der Waals surface area contributed by atoms with E-state index in [0.717, 1.165) is 32.1 Å². The molecule has 1 fully saturated rings. The van der Waals surface area contributed by atoms with Gasteiger partial charge in [0, 0.05) is 18.9 Å². The summed E-state index contributed by atoms with van der Waals surface area (Å²) in [6, 6.07) is -4.49. The lowest BCUT2D eigenvalue weighted by Gasteiger charge is -2.36. The Morgan fingerprint density at radius 3 is 2.12 bits per heavy atom. The van der Waals surface area contributed by atoms with Crippen molar-refractivity contribution in [2.45, 2.75) is 117 Å². The summed E-state index contributed by atoms with van der Waals surface area (Å²) in [4.78, 5) is 99.7. The lowest BCUT2D eigenvalue weighted by atomic mass is 9.88. The number of aliphatic carboxylic acids is 1. The summed E-state index contributed by atoms with van der Waals surface area (Å²) in [6.07, 6.45) is 10.3. The quantitative estimate of drug-likeness (QED) is 0.132. The van der Waals surface area contributed by atoms with E-state index in [9.17, 15) is 33.6 Å². The topological polar surface area (TPSA) is 217 Å². The molecule has 49 heavy (non-hydrogen) atoms. The van der Waals surface area contributed by atoms with Gasteiger partial charge in [-0.3, -0.25) is 38.5 Å². The van der Waals surface area contributed by atoms with Crippen LogP contribution in [0.1, 0.15) is 103 Å².